The van der Waals surface area contributed by atoms with Crippen LogP contribution in [0.3, 0.4) is 0 Å². The van der Waals surface area contributed by atoms with Crippen molar-refractivity contribution >= 4 is 17.7 Å². The third-order valence-electron chi connectivity index (χ3n) is 2.56. The molecular weight excluding hydrogens is 210 g/mol. The van der Waals surface area contributed by atoms with Gasteiger partial charge in [-0.25, -0.2) is 0 Å². The predicted molar refractivity (Wildman–Crippen MR) is 57.2 cm³/mol. The topological polar surface area (TPSA) is 92.5 Å². The number of hydrogen-bond donors (Lipinski definition) is 2. The maximum Gasteiger partial charge on any atom is 0.240 e. The van der Waals surface area contributed by atoms with E-state index >= 15 is 0 Å². The van der Waals surface area contributed by atoms with E-state index in [1.54, 1.807) is 0 Å². The zero-order valence-electron chi connectivity index (χ0n) is 9.36. The zero-order chi connectivity index (χ0) is 12.1. The van der Waals surface area contributed by atoms with Crippen molar-refractivity contribution in [3.05, 3.63) is 0 Å². The number of nitrogens with zero attached hydrogens (tertiary/aromatic N) is 1. The van der Waals surface area contributed by atoms with Gasteiger partial charge in [0.2, 0.25) is 17.7 Å². The Balaban J connectivity index is 2.38. The van der Waals surface area contributed by atoms with Gasteiger partial charge in [0.05, 0.1) is 6.54 Å². The number of carbonyl (C=O) groups is 3. The van der Waals surface area contributed by atoms with Gasteiger partial charge in [-0.1, -0.05) is 0 Å². The van der Waals surface area contributed by atoms with Crippen LogP contribution in [-0.2, 0) is 14.4 Å². The fourth-order valence-electron chi connectivity index (χ4n) is 1.56. The highest BCUT2D eigenvalue weighted by Gasteiger charge is 2.21. The summed E-state index contributed by atoms with van der Waals surface area (Å²) in [7, 11) is 0. The highest BCUT2D eigenvalue weighted by Crippen LogP contribution is 2.09. The van der Waals surface area contributed by atoms with Crippen molar-refractivity contribution in [2.75, 3.05) is 13.1 Å². The molecule has 1 fully saturated rings. The van der Waals surface area contributed by atoms with Gasteiger partial charge < -0.3 is 16.0 Å². The van der Waals surface area contributed by atoms with Crippen LogP contribution >= 0.6 is 0 Å². The second-order valence-electron chi connectivity index (χ2n) is 3.96. The van der Waals surface area contributed by atoms with Crippen molar-refractivity contribution in [3.63, 3.8) is 0 Å². The molecule has 6 nitrogen and oxygen atoms in total. The Labute approximate surface area is 94.2 Å². The average molecular weight is 227 g/mol. The first-order valence-electron chi connectivity index (χ1n) is 5.37. The van der Waals surface area contributed by atoms with Gasteiger partial charge in [-0.2, -0.15) is 0 Å². The molecule has 0 aromatic heterocycles. The molecule has 90 valence electrons. The molecule has 0 bridgehead atoms. The van der Waals surface area contributed by atoms with Gasteiger partial charge in [-0.05, 0) is 19.8 Å². The highest BCUT2D eigenvalue weighted by molar-refractivity contribution is 5.89. The fourth-order valence-corrected chi connectivity index (χ4v) is 1.56. The van der Waals surface area contributed by atoms with Crippen LogP contribution in [0.1, 0.15) is 26.2 Å². The van der Waals surface area contributed by atoms with E-state index < -0.39 is 11.9 Å². The summed E-state index contributed by atoms with van der Waals surface area (Å²) in [5.74, 6) is -0.937. The number of piperidine rings is 1. The molecule has 0 saturated carbocycles. The van der Waals surface area contributed by atoms with Gasteiger partial charge in [0, 0.05) is 13.0 Å². The van der Waals surface area contributed by atoms with E-state index in [9.17, 15) is 14.4 Å². The minimum atomic E-state index is -0.701. The van der Waals surface area contributed by atoms with Crippen molar-refractivity contribution in [1.29, 1.82) is 0 Å². The highest BCUT2D eigenvalue weighted by atomic mass is 16.2. The van der Waals surface area contributed by atoms with E-state index in [4.69, 9.17) is 5.73 Å². The summed E-state index contributed by atoms with van der Waals surface area (Å²) in [5, 5.41) is 2.44. The standard InChI is InChI=1S/C10H17N3O3/c1-7(10(11)16)12-8(14)6-13-5-3-2-4-9(13)15/h7H,2-6H2,1H3,(H2,11,16)(H,12,14)/t7-/m0/s1. The molecule has 0 aliphatic carbocycles. The maximum atomic E-state index is 11.5. The Morgan fingerprint density at radius 2 is 2.19 bits per heavy atom. The third kappa shape index (κ3) is 3.52. The Morgan fingerprint density at radius 1 is 1.50 bits per heavy atom. The molecule has 1 aliphatic rings. The maximum absolute atomic E-state index is 11.5. The van der Waals surface area contributed by atoms with E-state index in [1.807, 2.05) is 0 Å². The molecule has 0 aromatic carbocycles. The Hall–Kier alpha value is -1.59. The lowest BCUT2D eigenvalue weighted by Gasteiger charge is -2.26. The van der Waals surface area contributed by atoms with Crippen LogP contribution in [0.2, 0.25) is 0 Å². The van der Waals surface area contributed by atoms with E-state index in [0.29, 0.717) is 13.0 Å². The van der Waals surface area contributed by atoms with Gasteiger partial charge in [-0.15, -0.1) is 0 Å². The van der Waals surface area contributed by atoms with Crippen LogP contribution in [0.5, 0.6) is 0 Å². The van der Waals surface area contributed by atoms with Crippen LogP contribution in [0.4, 0.5) is 0 Å². The lowest BCUT2D eigenvalue weighted by Crippen LogP contribution is -2.48. The van der Waals surface area contributed by atoms with Gasteiger partial charge >= 0.3 is 0 Å². The van der Waals surface area contributed by atoms with Gasteiger partial charge in [0.15, 0.2) is 0 Å². The molecule has 3 amide bonds. The van der Waals surface area contributed by atoms with Crippen molar-refractivity contribution < 1.29 is 14.4 Å². The summed E-state index contributed by atoms with van der Waals surface area (Å²) < 4.78 is 0. The van der Waals surface area contributed by atoms with Crippen LogP contribution in [0.25, 0.3) is 0 Å². The minimum Gasteiger partial charge on any atom is -0.368 e. The first kappa shape index (κ1) is 12.5. The first-order chi connectivity index (χ1) is 7.50. The Morgan fingerprint density at radius 3 is 2.75 bits per heavy atom. The molecule has 0 spiro atoms. The molecule has 6 heteroatoms. The van der Waals surface area contributed by atoms with Crippen LogP contribution in [-0.4, -0.2) is 41.8 Å². The number of primary amides is 1. The summed E-state index contributed by atoms with van der Waals surface area (Å²) in [5.41, 5.74) is 5.01. The van der Waals surface area contributed by atoms with Crippen molar-refractivity contribution in [2.24, 2.45) is 5.73 Å². The van der Waals surface area contributed by atoms with E-state index in [0.717, 1.165) is 12.8 Å². The van der Waals surface area contributed by atoms with Crippen LogP contribution in [0, 0.1) is 0 Å². The average Bonchev–Trinajstić information content (AvgIpc) is 2.21. The molecule has 3 N–H and O–H groups in total. The molecule has 0 aromatic rings. The number of likely N-dealkylation sites (tertiary alicyclic amines) is 1. The first-order valence-corrected chi connectivity index (χ1v) is 5.37. The molecule has 1 saturated heterocycles. The summed E-state index contributed by atoms with van der Waals surface area (Å²) in [6.07, 6.45) is 2.30. The number of amides is 3. The Kier molecular flexibility index (Phi) is 4.28. The van der Waals surface area contributed by atoms with Gasteiger partial charge in [0.25, 0.3) is 0 Å². The van der Waals surface area contributed by atoms with Crippen LogP contribution in [0.15, 0.2) is 0 Å². The van der Waals surface area contributed by atoms with Crippen molar-refractivity contribution in [2.45, 2.75) is 32.2 Å². The molecule has 1 rings (SSSR count). The lowest BCUT2D eigenvalue weighted by molar-refractivity contribution is -0.138. The van der Waals surface area contributed by atoms with Crippen molar-refractivity contribution in [3.8, 4) is 0 Å². The summed E-state index contributed by atoms with van der Waals surface area (Å²) >= 11 is 0. The lowest BCUT2D eigenvalue weighted by atomic mass is 10.1. The molecule has 0 radical (unpaired) electrons. The third-order valence-corrected chi connectivity index (χ3v) is 2.56. The number of hydrogen-bond acceptors (Lipinski definition) is 3. The van der Waals surface area contributed by atoms with Gasteiger partial charge in [0.1, 0.15) is 6.04 Å². The number of nitrogens with one attached hydrogen (secondary N) is 1. The van der Waals surface area contributed by atoms with Crippen LogP contribution < -0.4 is 11.1 Å². The van der Waals surface area contributed by atoms with E-state index in [-0.39, 0.29) is 18.4 Å². The summed E-state index contributed by atoms with van der Waals surface area (Å²) in [6, 6.07) is -0.701. The molecule has 16 heavy (non-hydrogen) atoms. The molecule has 1 atom stereocenters. The van der Waals surface area contributed by atoms with E-state index in [1.165, 1.54) is 11.8 Å². The molecular formula is C10H17N3O3. The smallest absolute Gasteiger partial charge is 0.240 e. The monoisotopic (exact) mass is 227 g/mol. The van der Waals surface area contributed by atoms with Gasteiger partial charge in [-0.3, -0.25) is 14.4 Å². The quantitative estimate of drug-likeness (QED) is 0.644. The van der Waals surface area contributed by atoms with Crippen molar-refractivity contribution in [1.82, 2.24) is 10.2 Å². The summed E-state index contributed by atoms with van der Waals surface area (Å²) in [4.78, 5) is 35.1. The number of carbonyl (C=O) groups excluding carboxylic acids is 3. The fraction of sp³-hybridized carbons (Fsp3) is 0.700. The molecule has 1 heterocycles. The zero-order valence-corrected chi connectivity index (χ0v) is 9.36. The van der Waals surface area contributed by atoms with E-state index in [2.05, 4.69) is 5.32 Å². The SMILES string of the molecule is C[C@H](NC(=O)CN1CCCCC1=O)C(N)=O. The normalized spacial score (nSPS) is 18.1. The molecule has 1 aliphatic heterocycles. The number of rotatable bonds is 4. The molecule has 0 unspecified atom stereocenters. The Bertz CT molecular complexity index is 304. The number of nitrogens with two attached hydrogens (primary N) is 1. The predicted octanol–water partition coefficient (Wildman–Crippen LogP) is -1.01. The largest absolute Gasteiger partial charge is 0.368 e. The minimum absolute atomic E-state index is 0.00636. The second kappa shape index (κ2) is 5.48. The summed E-state index contributed by atoms with van der Waals surface area (Å²) in [6.45, 7) is 2.13. The second-order valence-corrected chi connectivity index (χ2v) is 3.96.